The molecule has 0 N–H and O–H groups in total. The Morgan fingerprint density at radius 2 is 1.83 bits per heavy atom. The largest absolute Gasteiger partial charge is 0.486 e. The predicted octanol–water partition coefficient (Wildman–Crippen LogP) is 6.02. The van der Waals surface area contributed by atoms with Crippen molar-refractivity contribution in [3.8, 4) is 17.2 Å². The predicted molar refractivity (Wildman–Crippen MR) is 103 cm³/mol. The molecule has 0 bridgehead atoms. The van der Waals surface area contributed by atoms with Gasteiger partial charge in [-0.15, -0.1) is 6.58 Å². The number of hydrogen-bond donors (Lipinski definition) is 0. The fraction of sp³-hybridized carbons (Fsp3) is 0.304. The lowest BCUT2D eigenvalue weighted by molar-refractivity contribution is -0.00721. The molecule has 1 saturated heterocycles. The Hall–Kier alpha value is -2.73. The first kappa shape index (κ1) is 19.6. The fourth-order valence-electron chi connectivity index (χ4n) is 3.75. The van der Waals surface area contributed by atoms with Crippen molar-refractivity contribution in [1.82, 2.24) is 0 Å². The topological polar surface area (TPSA) is 27.7 Å². The summed E-state index contributed by atoms with van der Waals surface area (Å²) >= 11 is 0. The summed E-state index contributed by atoms with van der Waals surface area (Å²) in [6.07, 6.45) is 4.57. The molecule has 4 rings (SSSR count). The summed E-state index contributed by atoms with van der Waals surface area (Å²) in [7, 11) is 0. The third-order valence-corrected chi connectivity index (χ3v) is 5.35. The molecule has 152 valence electrons. The minimum absolute atomic E-state index is 0.0404. The third-order valence-electron chi connectivity index (χ3n) is 5.35. The second-order valence-corrected chi connectivity index (χ2v) is 7.22. The van der Waals surface area contributed by atoms with Gasteiger partial charge < -0.3 is 14.2 Å². The molecular weight excluding hydrogens is 381 g/mol. The highest BCUT2D eigenvalue weighted by molar-refractivity contribution is 5.55. The molecule has 2 unspecified atom stereocenters. The maximum Gasteiger partial charge on any atom is 0.205 e. The van der Waals surface area contributed by atoms with Crippen molar-refractivity contribution in [3.63, 3.8) is 0 Å². The molecule has 2 aromatic carbocycles. The van der Waals surface area contributed by atoms with Crippen LogP contribution in [-0.4, -0.2) is 13.2 Å². The zero-order valence-electron chi connectivity index (χ0n) is 15.8. The van der Waals surface area contributed by atoms with Crippen LogP contribution in [0.2, 0.25) is 0 Å². The highest BCUT2D eigenvalue weighted by atomic mass is 19.2. The van der Waals surface area contributed by atoms with Crippen molar-refractivity contribution in [2.45, 2.75) is 25.4 Å². The molecule has 0 spiro atoms. The van der Waals surface area contributed by atoms with Crippen molar-refractivity contribution in [2.24, 2.45) is 5.92 Å². The minimum atomic E-state index is -1.19. The van der Waals surface area contributed by atoms with E-state index in [1.807, 2.05) is 6.08 Å². The van der Waals surface area contributed by atoms with Gasteiger partial charge in [0.1, 0.15) is 6.61 Å². The van der Waals surface area contributed by atoms with E-state index in [4.69, 9.17) is 14.2 Å². The molecule has 2 aliphatic rings. The van der Waals surface area contributed by atoms with E-state index in [0.717, 1.165) is 6.42 Å². The molecule has 0 radical (unpaired) electrons. The van der Waals surface area contributed by atoms with Crippen LogP contribution in [0.4, 0.5) is 13.2 Å². The van der Waals surface area contributed by atoms with Gasteiger partial charge in [-0.25, -0.2) is 4.39 Å². The van der Waals surface area contributed by atoms with Crippen LogP contribution in [0, 0.1) is 23.4 Å². The van der Waals surface area contributed by atoms with E-state index in [1.165, 1.54) is 12.1 Å². The van der Waals surface area contributed by atoms with E-state index in [2.05, 4.69) is 13.2 Å². The Morgan fingerprint density at radius 1 is 1.03 bits per heavy atom. The smallest absolute Gasteiger partial charge is 0.205 e. The highest BCUT2D eigenvalue weighted by Gasteiger charge is 2.31. The first-order chi connectivity index (χ1) is 14.0. The maximum absolute atomic E-state index is 15.2. The second-order valence-electron chi connectivity index (χ2n) is 7.22. The van der Waals surface area contributed by atoms with Crippen LogP contribution in [0.1, 0.15) is 35.6 Å². The SMILES string of the molecule is C=CCOc1cc2c(c(F)c1F)Oc1c(ccc(C3CCC(C=C)CO3)c1F)C2. The first-order valence-corrected chi connectivity index (χ1v) is 9.51. The van der Waals surface area contributed by atoms with Crippen LogP contribution in [0.3, 0.4) is 0 Å². The van der Waals surface area contributed by atoms with Crippen LogP contribution in [0.15, 0.2) is 43.5 Å². The lowest BCUT2D eigenvalue weighted by Gasteiger charge is -2.29. The molecule has 0 amide bonds. The lowest BCUT2D eigenvalue weighted by Crippen LogP contribution is -2.20. The average Bonchev–Trinajstić information content (AvgIpc) is 2.75. The summed E-state index contributed by atoms with van der Waals surface area (Å²) in [4.78, 5) is 0. The second kappa shape index (κ2) is 7.95. The quantitative estimate of drug-likeness (QED) is 0.489. The summed E-state index contributed by atoms with van der Waals surface area (Å²) in [5, 5.41) is 0. The molecule has 0 saturated carbocycles. The number of hydrogen-bond acceptors (Lipinski definition) is 3. The van der Waals surface area contributed by atoms with Crippen molar-refractivity contribution >= 4 is 0 Å². The molecule has 0 aromatic heterocycles. The molecule has 6 heteroatoms. The summed E-state index contributed by atoms with van der Waals surface area (Å²) in [5.41, 5.74) is 1.31. The van der Waals surface area contributed by atoms with Gasteiger partial charge in [0.25, 0.3) is 0 Å². The molecule has 2 atom stereocenters. The van der Waals surface area contributed by atoms with E-state index < -0.39 is 23.6 Å². The molecule has 2 heterocycles. The van der Waals surface area contributed by atoms with Gasteiger partial charge in [0.15, 0.2) is 23.1 Å². The Bertz CT molecular complexity index is 963. The van der Waals surface area contributed by atoms with E-state index in [1.54, 1.807) is 12.1 Å². The fourth-order valence-corrected chi connectivity index (χ4v) is 3.75. The Balaban J connectivity index is 1.65. The van der Waals surface area contributed by atoms with Gasteiger partial charge >= 0.3 is 0 Å². The summed E-state index contributed by atoms with van der Waals surface area (Å²) in [5.74, 6) is -3.32. The monoisotopic (exact) mass is 402 g/mol. The molecule has 29 heavy (non-hydrogen) atoms. The van der Waals surface area contributed by atoms with Crippen LogP contribution >= 0.6 is 0 Å². The number of rotatable bonds is 5. The summed E-state index contributed by atoms with van der Waals surface area (Å²) in [6.45, 7) is 7.76. The molecule has 1 fully saturated rings. The van der Waals surface area contributed by atoms with E-state index in [9.17, 15) is 8.78 Å². The molecule has 3 nitrogen and oxygen atoms in total. The van der Waals surface area contributed by atoms with Gasteiger partial charge in [0.2, 0.25) is 11.6 Å². The van der Waals surface area contributed by atoms with Gasteiger partial charge in [-0.2, -0.15) is 8.78 Å². The van der Waals surface area contributed by atoms with Crippen LogP contribution in [0.25, 0.3) is 0 Å². The van der Waals surface area contributed by atoms with Gasteiger partial charge in [-0.05, 0) is 18.9 Å². The van der Waals surface area contributed by atoms with E-state index in [0.29, 0.717) is 29.7 Å². The lowest BCUT2D eigenvalue weighted by atomic mass is 9.92. The van der Waals surface area contributed by atoms with Gasteiger partial charge in [-0.1, -0.05) is 30.9 Å². The average molecular weight is 402 g/mol. The maximum atomic E-state index is 15.2. The zero-order chi connectivity index (χ0) is 20.5. The van der Waals surface area contributed by atoms with Crippen molar-refractivity contribution in [1.29, 1.82) is 0 Å². The Morgan fingerprint density at radius 3 is 2.52 bits per heavy atom. The normalized spacial score (nSPS) is 20.2. The Labute approximate surface area is 167 Å². The van der Waals surface area contributed by atoms with Crippen molar-refractivity contribution in [3.05, 3.63) is 77.7 Å². The number of halogens is 3. The van der Waals surface area contributed by atoms with E-state index in [-0.39, 0.29) is 36.2 Å². The number of benzene rings is 2. The van der Waals surface area contributed by atoms with Gasteiger partial charge in [0, 0.05) is 29.0 Å². The van der Waals surface area contributed by atoms with Crippen LogP contribution < -0.4 is 9.47 Å². The van der Waals surface area contributed by atoms with Crippen LogP contribution in [0.5, 0.6) is 17.2 Å². The van der Waals surface area contributed by atoms with Crippen molar-refractivity contribution in [2.75, 3.05) is 13.2 Å². The summed E-state index contributed by atoms with van der Waals surface area (Å²) < 4.78 is 60.5. The van der Waals surface area contributed by atoms with Crippen molar-refractivity contribution < 1.29 is 27.4 Å². The zero-order valence-corrected chi connectivity index (χ0v) is 15.8. The molecular formula is C23H21F3O3. The summed E-state index contributed by atoms with van der Waals surface area (Å²) in [6, 6.07) is 4.80. The van der Waals surface area contributed by atoms with E-state index >= 15 is 4.39 Å². The molecule has 2 aliphatic heterocycles. The van der Waals surface area contributed by atoms with Crippen LogP contribution in [-0.2, 0) is 11.2 Å². The number of ether oxygens (including phenoxy) is 3. The molecule has 2 aromatic rings. The standard InChI is InChI=1S/C23H21F3O3/c1-3-9-27-18-11-15-10-14-6-7-16(17-8-5-13(4-2)12-28-17)19(24)22(14)29-23(15)21(26)20(18)25/h3-4,6-7,11,13,17H,1-2,5,8-10,12H2. The van der Waals surface area contributed by atoms with Gasteiger partial charge in [0.05, 0.1) is 12.7 Å². The highest BCUT2D eigenvalue weighted by Crippen LogP contribution is 2.45. The number of fused-ring (bicyclic) bond motifs is 2. The van der Waals surface area contributed by atoms with Gasteiger partial charge in [-0.3, -0.25) is 0 Å². The third kappa shape index (κ3) is 3.53. The minimum Gasteiger partial charge on any atom is -0.486 e. The molecule has 0 aliphatic carbocycles. The Kier molecular flexibility index (Phi) is 5.37. The first-order valence-electron chi connectivity index (χ1n) is 9.51.